The molecule has 0 saturated heterocycles. The van der Waals surface area contributed by atoms with Crippen LogP contribution in [0.15, 0.2) is 47.5 Å². The van der Waals surface area contributed by atoms with Crippen molar-refractivity contribution < 1.29 is 10.2 Å². The van der Waals surface area contributed by atoms with Gasteiger partial charge >= 0.3 is 0 Å². The SMILES string of the molecule is Oc1ccc(N=Cc2ccc(O)c(I)c2)cc1. The third-order valence-electron chi connectivity index (χ3n) is 2.18. The maximum atomic E-state index is 9.38. The van der Waals surface area contributed by atoms with Gasteiger partial charge in [-0.1, -0.05) is 0 Å². The highest BCUT2D eigenvalue weighted by molar-refractivity contribution is 14.1. The summed E-state index contributed by atoms with van der Waals surface area (Å²) in [6.07, 6.45) is 1.72. The van der Waals surface area contributed by atoms with Crippen LogP contribution in [0.5, 0.6) is 11.5 Å². The number of aromatic hydroxyl groups is 2. The van der Waals surface area contributed by atoms with Crippen LogP contribution in [0, 0.1) is 3.57 Å². The average molecular weight is 339 g/mol. The molecule has 0 aliphatic heterocycles. The summed E-state index contributed by atoms with van der Waals surface area (Å²) >= 11 is 2.06. The topological polar surface area (TPSA) is 52.8 Å². The molecule has 17 heavy (non-hydrogen) atoms. The minimum absolute atomic E-state index is 0.225. The predicted molar refractivity (Wildman–Crippen MR) is 76.2 cm³/mol. The van der Waals surface area contributed by atoms with E-state index in [1.165, 1.54) is 0 Å². The summed E-state index contributed by atoms with van der Waals surface area (Å²) in [5, 5.41) is 18.5. The van der Waals surface area contributed by atoms with Crippen LogP contribution in [0.3, 0.4) is 0 Å². The zero-order chi connectivity index (χ0) is 12.3. The molecular formula is C13H10INO2. The van der Waals surface area contributed by atoms with E-state index in [9.17, 15) is 5.11 Å². The van der Waals surface area contributed by atoms with E-state index >= 15 is 0 Å². The molecule has 0 atom stereocenters. The number of nitrogens with zero attached hydrogens (tertiary/aromatic N) is 1. The van der Waals surface area contributed by atoms with Crippen LogP contribution >= 0.6 is 22.6 Å². The maximum Gasteiger partial charge on any atom is 0.128 e. The second-order valence-electron chi connectivity index (χ2n) is 3.49. The van der Waals surface area contributed by atoms with Crippen LogP contribution in [0.2, 0.25) is 0 Å². The smallest absolute Gasteiger partial charge is 0.128 e. The first kappa shape index (κ1) is 11.9. The number of hydrogen-bond acceptors (Lipinski definition) is 3. The lowest BCUT2D eigenvalue weighted by Crippen LogP contribution is -1.82. The van der Waals surface area contributed by atoms with Crippen LogP contribution in [0.4, 0.5) is 5.69 Å². The summed E-state index contributed by atoms with van der Waals surface area (Å²) in [6, 6.07) is 11.9. The van der Waals surface area contributed by atoms with Gasteiger partial charge in [-0.15, -0.1) is 0 Å². The standard InChI is InChI=1S/C13H10INO2/c14-12-7-9(1-6-13(12)17)8-15-10-2-4-11(16)5-3-10/h1-8,16-17H. The maximum absolute atomic E-state index is 9.38. The molecule has 86 valence electrons. The molecule has 0 spiro atoms. The molecule has 2 rings (SSSR count). The molecule has 0 unspecified atom stereocenters. The van der Waals surface area contributed by atoms with Crippen molar-refractivity contribution in [2.75, 3.05) is 0 Å². The second kappa shape index (κ2) is 5.18. The molecule has 0 heterocycles. The van der Waals surface area contributed by atoms with Crippen LogP contribution < -0.4 is 0 Å². The summed E-state index contributed by atoms with van der Waals surface area (Å²) in [6.45, 7) is 0. The third kappa shape index (κ3) is 3.20. The highest BCUT2D eigenvalue weighted by Gasteiger charge is 1.97. The quantitative estimate of drug-likeness (QED) is 0.650. The Balaban J connectivity index is 2.20. The van der Waals surface area contributed by atoms with Crippen molar-refractivity contribution in [3.8, 4) is 11.5 Å². The molecule has 0 aromatic heterocycles. The summed E-state index contributed by atoms with van der Waals surface area (Å²) in [7, 11) is 0. The Morgan fingerprint density at radius 3 is 2.35 bits per heavy atom. The molecule has 3 nitrogen and oxygen atoms in total. The zero-order valence-electron chi connectivity index (χ0n) is 8.84. The lowest BCUT2D eigenvalue weighted by Gasteiger charge is -1.98. The normalized spacial score (nSPS) is 10.9. The Bertz CT molecular complexity index is 550. The fourth-order valence-corrected chi connectivity index (χ4v) is 1.83. The Kier molecular flexibility index (Phi) is 3.63. The van der Waals surface area contributed by atoms with Gasteiger partial charge in [0.05, 0.1) is 9.26 Å². The van der Waals surface area contributed by atoms with Gasteiger partial charge in [0.25, 0.3) is 0 Å². The minimum Gasteiger partial charge on any atom is -0.508 e. The monoisotopic (exact) mass is 339 g/mol. The van der Waals surface area contributed by atoms with Crippen LogP contribution in [0.25, 0.3) is 0 Å². The van der Waals surface area contributed by atoms with Gasteiger partial charge in [-0.3, -0.25) is 4.99 Å². The molecule has 0 fully saturated rings. The number of phenolic OH excluding ortho intramolecular Hbond substituents is 2. The van der Waals surface area contributed by atoms with Crippen LogP contribution in [-0.4, -0.2) is 16.4 Å². The zero-order valence-corrected chi connectivity index (χ0v) is 11.0. The van der Waals surface area contributed by atoms with Crippen LogP contribution in [-0.2, 0) is 0 Å². The summed E-state index contributed by atoms with van der Waals surface area (Å²) in [5.74, 6) is 0.496. The van der Waals surface area contributed by atoms with E-state index in [4.69, 9.17) is 5.11 Å². The van der Waals surface area contributed by atoms with Gasteiger partial charge in [-0.2, -0.15) is 0 Å². The van der Waals surface area contributed by atoms with Crippen molar-refractivity contribution in [3.05, 3.63) is 51.6 Å². The lowest BCUT2D eigenvalue weighted by molar-refractivity contribution is 0.471. The number of hydrogen-bond donors (Lipinski definition) is 2. The molecule has 0 bridgehead atoms. The van der Waals surface area contributed by atoms with Crippen molar-refractivity contribution in [2.24, 2.45) is 4.99 Å². The van der Waals surface area contributed by atoms with Crippen molar-refractivity contribution >= 4 is 34.5 Å². The van der Waals surface area contributed by atoms with Crippen molar-refractivity contribution in [1.82, 2.24) is 0 Å². The summed E-state index contributed by atoms with van der Waals surface area (Å²) < 4.78 is 0.789. The first-order chi connectivity index (χ1) is 8.15. The van der Waals surface area contributed by atoms with Gasteiger partial charge in [0.15, 0.2) is 0 Å². The molecule has 0 aliphatic rings. The second-order valence-corrected chi connectivity index (χ2v) is 4.65. The molecule has 2 aromatic carbocycles. The Hall–Kier alpha value is -1.56. The molecule has 0 aliphatic carbocycles. The van der Waals surface area contributed by atoms with E-state index in [2.05, 4.69) is 27.6 Å². The van der Waals surface area contributed by atoms with E-state index in [1.54, 1.807) is 42.6 Å². The third-order valence-corrected chi connectivity index (χ3v) is 3.05. The first-order valence-corrected chi connectivity index (χ1v) is 6.04. The van der Waals surface area contributed by atoms with E-state index in [0.717, 1.165) is 14.8 Å². The van der Waals surface area contributed by atoms with Gasteiger partial charge in [-0.05, 0) is 70.6 Å². The number of halogens is 1. The number of phenols is 2. The number of rotatable bonds is 2. The van der Waals surface area contributed by atoms with E-state index in [0.29, 0.717) is 0 Å². The predicted octanol–water partition coefficient (Wildman–Crippen LogP) is 3.45. The molecule has 0 saturated carbocycles. The van der Waals surface area contributed by atoms with Crippen molar-refractivity contribution in [1.29, 1.82) is 0 Å². The van der Waals surface area contributed by atoms with E-state index in [-0.39, 0.29) is 11.5 Å². The minimum atomic E-state index is 0.225. The fraction of sp³-hybridized carbons (Fsp3) is 0. The molecule has 2 N–H and O–H groups in total. The Morgan fingerprint density at radius 2 is 1.71 bits per heavy atom. The average Bonchev–Trinajstić information content (AvgIpc) is 2.33. The molecule has 0 amide bonds. The highest BCUT2D eigenvalue weighted by Crippen LogP contribution is 2.20. The van der Waals surface area contributed by atoms with Gasteiger partial charge in [0, 0.05) is 6.21 Å². The fourth-order valence-electron chi connectivity index (χ4n) is 1.29. The van der Waals surface area contributed by atoms with E-state index < -0.39 is 0 Å². The number of benzene rings is 2. The van der Waals surface area contributed by atoms with Gasteiger partial charge < -0.3 is 10.2 Å². The molecule has 2 aromatic rings. The molecule has 0 radical (unpaired) electrons. The number of aliphatic imine (C=N–C) groups is 1. The lowest BCUT2D eigenvalue weighted by atomic mass is 10.2. The first-order valence-electron chi connectivity index (χ1n) is 4.97. The van der Waals surface area contributed by atoms with Gasteiger partial charge in [0.1, 0.15) is 11.5 Å². The van der Waals surface area contributed by atoms with E-state index in [1.807, 2.05) is 6.07 Å². The summed E-state index contributed by atoms with van der Waals surface area (Å²) in [4.78, 5) is 4.27. The highest BCUT2D eigenvalue weighted by atomic mass is 127. The van der Waals surface area contributed by atoms with Crippen molar-refractivity contribution in [3.63, 3.8) is 0 Å². The van der Waals surface area contributed by atoms with Gasteiger partial charge in [0.2, 0.25) is 0 Å². The van der Waals surface area contributed by atoms with Gasteiger partial charge in [-0.25, -0.2) is 0 Å². The summed E-state index contributed by atoms with van der Waals surface area (Å²) in [5.41, 5.74) is 1.69. The molecular weight excluding hydrogens is 329 g/mol. The Morgan fingerprint density at radius 1 is 1.00 bits per heavy atom. The van der Waals surface area contributed by atoms with Crippen LogP contribution in [0.1, 0.15) is 5.56 Å². The molecule has 4 heteroatoms. The van der Waals surface area contributed by atoms with Crippen molar-refractivity contribution in [2.45, 2.75) is 0 Å². The largest absolute Gasteiger partial charge is 0.508 e. The Labute approximate surface area is 113 Å².